The van der Waals surface area contributed by atoms with E-state index in [1.54, 1.807) is 0 Å². The number of alkyl halides is 2. The summed E-state index contributed by atoms with van der Waals surface area (Å²) in [7, 11) is 0. The Bertz CT molecular complexity index is 152. The highest BCUT2D eigenvalue weighted by Gasteiger charge is 2.35. The van der Waals surface area contributed by atoms with Crippen LogP contribution in [-0.4, -0.2) is 5.92 Å². The van der Waals surface area contributed by atoms with E-state index < -0.39 is 5.92 Å². The van der Waals surface area contributed by atoms with E-state index in [0.29, 0.717) is 6.42 Å². The topological polar surface area (TPSA) is 0 Å². The molecule has 1 aliphatic rings. The molecule has 0 aromatic rings. The third-order valence-electron chi connectivity index (χ3n) is 2.52. The van der Waals surface area contributed by atoms with E-state index in [-0.39, 0.29) is 18.8 Å². The summed E-state index contributed by atoms with van der Waals surface area (Å²) < 4.78 is 25.7. The molecular weight excluding hydrogens is 158 g/mol. The standard InChI is InChI=1S/C10H16F2/c1-2-3-5-9-6-4-7-10(11,12)8-9/h2,9H,1,3-8H2. The Hall–Kier alpha value is -0.400. The minimum absolute atomic E-state index is 0.0948. The molecule has 0 bridgehead atoms. The van der Waals surface area contributed by atoms with Crippen molar-refractivity contribution in [2.45, 2.75) is 44.4 Å². The van der Waals surface area contributed by atoms with E-state index in [4.69, 9.17) is 0 Å². The van der Waals surface area contributed by atoms with Crippen molar-refractivity contribution in [3.8, 4) is 0 Å². The van der Waals surface area contributed by atoms with Crippen LogP contribution in [0.25, 0.3) is 0 Å². The smallest absolute Gasteiger partial charge is 0.207 e. The molecule has 0 amide bonds. The lowest BCUT2D eigenvalue weighted by molar-refractivity contribution is -0.0533. The van der Waals surface area contributed by atoms with Crippen LogP contribution >= 0.6 is 0 Å². The average Bonchev–Trinajstić information content (AvgIpc) is 1.99. The van der Waals surface area contributed by atoms with E-state index in [1.165, 1.54) is 0 Å². The molecule has 1 rings (SSSR count). The molecule has 0 radical (unpaired) electrons. The van der Waals surface area contributed by atoms with Gasteiger partial charge in [-0.2, -0.15) is 0 Å². The molecule has 12 heavy (non-hydrogen) atoms. The van der Waals surface area contributed by atoms with Gasteiger partial charge in [0.1, 0.15) is 0 Å². The first-order valence-electron chi connectivity index (χ1n) is 4.63. The lowest BCUT2D eigenvalue weighted by Gasteiger charge is -2.28. The van der Waals surface area contributed by atoms with Crippen LogP contribution in [0.5, 0.6) is 0 Å². The van der Waals surface area contributed by atoms with Gasteiger partial charge in [-0.1, -0.05) is 12.5 Å². The van der Waals surface area contributed by atoms with Gasteiger partial charge in [-0.3, -0.25) is 0 Å². The van der Waals surface area contributed by atoms with Crippen LogP contribution in [0.1, 0.15) is 38.5 Å². The van der Waals surface area contributed by atoms with Crippen LogP contribution in [0.3, 0.4) is 0 Å². The highest BCUT2D eigenvalue weighted by Crippen LogP contribution is 2.38. The van der Waals surface area contributed by atoms with Gasteiger partial charge in [0.25, 0.3) is 0 Å². The summed E-state index contributed by atoms with van der Waals surface area (Å²) in [5.74, 6) is -2.16. The van der Waals surface area contributed by atoms with Gasteiger partial charge in [0.05, 0.1) is 0 Å². The van der Waals surface area contributed by atoms with Gasteiger partial charge in [0, 0.05) is 12.8 Å². The molecular formula is C10H16F2. The van der Waals surface area contributed by atoms with Gasteiger partial charge >= 0.3 is 0 Å². The number of hydrogen-bond acceptors (Lipinski definition) is 0. The lowest BCUT2D eigenvalue weighted by Crippen LogP contribution is -2.25. The van der Waals surface area contributed by atoms with E-state index in [9.17, 15) is 8.78 Å². The fourth-order valence-corrected chi connectivity index (χ4v) is 1.88. The first kappa shape index (κ1) is 9.69. The quantitative estimate of drug-likeness (QED) is 0.571. The highest BCUT2D eigenvalue weighted by molar-refractivity contribution is 4.80. The van der Waals surface area contributed by atoms with E-state index in [1.807, 2.05) is 6.08 Å². The summed E-state index contributed by atoms with van der Waals surface area (Å²) in [5.41, 5.74) is 0. The fourth-order valence-electron chi connectivity index (χ4n) is 1.88. The van der Waals surface area contributed by atoms with Gasteiger partial charge in [0.2, 0.25) is 5.92 Å². The Morgan fingerprint density at radius 2 is 2.25 bits per heavy atom. The van der Waals surface area contributed by atoms with Crippen LogP contribution in [0.15, 0.2) is 12.7 Å². The van der Waals surface area contributed by atoms with Crippen LogP contribution in [0.2, 0.25) is 0 Å². The monoisotopic (exact) mass is 174 g/mol. The molecule has 0 aromatic heterocycles. The zero-order valence-corrected chi connectivity index (χ0v) is 7.36. The fraction of sp³-hybridized carbons (Fsp3) is 0.800. The van der Waals surface area contributed by atoms with E-state index >= 15 is 0 Å². The number of hydrogen-bond donors (Lipinski definition) is 0. The summed E-state index contributed by atoms with van der Waals surface area (Å²) in [4.78, 5) is 0. The van der Waals surface area contributed by atoms with Gasteiger partial charge in [-0.25, -0.2) is 8.78 Å². The second-order valence-electron chi connectivity index (χ2n) is 3.68. The Morgan fingerprint density at radius 3 is 2.83 bits per heavy atom. The highest BCUT2D eigenvalue weighted by atomic mass is 19.3. The van der Waals surface area contributed by atoms with Gasteiger partial charge in [0.15, 0.2) is 0 Å². The minimum atomic E-state index is -2.38. The zero-order valence-electron chi connectivity index (χ0n) is 7.36. The molecule has 1 atom stereocenters. The van der Waals surface area contributed by atoms with Crippen molar-refractivity contribution < 1.29 is 8.78 Å². The molecule has 0 spiro atoms. The van der Waals surface area contributed by atoms with Crippen molar-refractivity contribution in [3.05, 3.63) is 12.7 Å². The van der Waals surface area contributed by atoms with Gasteiger partial charge in [-0.05, 0) is 25.2 Å². The van der Waals surface area contributed by atoms with Crippen molar-refractivity contribution in [1.82, 2.24) is 0 Å². The second kappa shape index (κ2) is 4.01. The SMILES string of the molecule is C=CCCC1CCCC(F)(F)C1. The molecule has 1 aliphatic carbocycles. The Labute approximate surface area is 72.7 Å². The van der Waals surface area contributed by atoms with Crippen LogP contribution in [0, 0.1) is 5.92 Å². The molecule has 1 unspecified atom stereocenters. The predicted molar refractivity (Wildman–Crippen MR) is 46.3 cm³/mol. The molecule has 1 fully saturated rings. The minimum Gasteiger partial charge on any atom is -0.207 e. The maximum atomic E-state index is 12.9. The average molecular weight is 174 g/mol. The van der Waals surface area contributed by atoms with Crippen molar-refractivity contribution in [3.63, 3.8) is 0 Å². The Kier molecular flexibility index (Phi) is 3.24. The molecule has 0 aromatic carbocycles. The first-order valence-corrected chi connectivity index (χ1v) is 4.63. The van der Waals surface area contributed by atoms with Gasteiger partial charge < -0.3 is 0 Å². The third-order valence-corrected chi connectivity index (χ3v) is 2.52. The number of rotatable bonds is 3. The van der Waals surface area contributed by atoms with Crippen molar-refractivity contribution in [2.24, 2.45) is 5.92 Å². The molecule has 1 saturated carbocycles. The molecule has 0 aliphatic heterocycles. The molecule has 0 N–H and O–H groups in total. The van der Waals surface area contributed by atoms with E-state index in [0.717, 1.165) is 19.3 Å². The third kappa shape index (κ3) is 2.92. The van der Waals surface area contributed by atoms with Crippen LogP contribution in [-0.2, 0) is 0 Å². The molecule has 0 saturated heterocycles. The molecule has 70 valence electrons. The van der Waals surface area contributed by atoms with Crippen molar-refractivity contribution in [1.29, 1.82) is 0 Å². The van der Waals surface area contributed by atoms with Crippen molar-refractivity contribution >= 4 is 0 Å². The Balaban J connectivity index is 2.31. The summed E-state index contributed by atoms with van der Waals surface area (Å²) in [5, 5.41) is 0. The largest absolute Gasteiger partial charge is 0.248 e. The summed E-state index contributed by atoms with van der Waals surface area (Å²) in [6.45, 7) is 3.59. The molecule has 0 nitrogen and oxygen atoms in total. The predicted octanol–water partition coefficient (Wildman–Crippen LogP) is 3.78. The first-order chi connectivity index (χ1) is 5.64. The maximum absolute atomic E-state index is 12.9. The lowest BCUT2D eigenvalue weighted by atomic mass is 9.84. The maximum Gasteiger partial charge on any atom is 0.248 e. The summed E-state index contributed by atoms with van der Waals surface area (Å²) in [6.07, 6.45) is 5.43. The normalized spacial score (nSPS) is 28.3. The Morgan fingerprint density at radius 1 is 1.50 bits per heavy atom. The zero-order chi connectivity index (χ0) is 9.03. The van der Waals surface area contributed by atoms with E-state index in [2.05, 4.69) is 6.58 Å². The van der Waals surface area contributed by atoms with Crippen LogP contribution < -0.4 is 0 Å². The number of halogens is 2. The van der Waals surface area contributed by atoms with Crippen molar-refractivity contribution in [2.75, 3.05) is 0 Å². The molecule has 2 heteroatoms. The summed E-state index contributed by atoms with van der Waals surface area (Å²) >= 11 is 0. The van der Waals surface area contributed by atoms with Gasteiger partial charge in [-0.15, -0.1) is 6.58 Å². The summed E-state index contributed by atoms with van der Waals surface area (Å²) in [6, 6.07) is 0. The second-order valence-corrected chi connectivity index (χ2v) is 3.68. The molecule has 0 heterocycles. The van der Waals surface area contributed by atoms with Crippen LogP contribution in [0.4, 0.5) is 8.78 Å². The number of allylic oxidation sites excluding steroid dienone is 1.